The zero-order valence-electron chi connectivity index (χ0n) is 28.5. The molecule has 12 nitrogen and oxygen atoms in total. The first-order valence-electron chi connectivity index (χ1n) is 17.0. The van der Waals surface area contributed by atoms with Gasteiger partial charge in [0.1, 0.15) is 30.0 Å². The molecule has 4 heterocycles. The number of fused-ring (bicyclic) bond motifs is 2. The van der Waals surface area contributed by atoms with Crippen LogP contribution in [-0.4, -0.2) is 67.2 Å². The number of anilines is 1. The van der Waals surface area contributed by atoms with E-state index in [9.17, 15) is 9.90 Å². The van der Waals surface area contributed by atoms with E-state index < -0.39 is 0 Å². The summed E-state index contributed by atoms with van der Waals surface area (Å²) in [7, 11) is 2.14. The highest BCUT2D eigenvalue weighted by molar-refractivity contribution is 5.89. The maximum absolute atomic E-state index is 13.6. The van der Waals surface area contributed by atoms with E-state index in [2.05, 4.69) is 70.1 Å². The Kier molecular flexibility index (Phi) is 9.00. The Bertz CT molecular complexity index is 1950. The van der Waals surface area contributed by atoms with Gasteiger partial charge >= 0.3 is 6.03 Å². The molecule has 0 saturated carbocycles. The number of aromatic nitrogens is 5. The minimum Gasteiger partial charge on any atom is -0.491 e. The molecular weight excluding hydrogens is 620 g/mol. The van der Waals surface area contributed by atoms with Gasteiger partial charge < -0.3 is 19.9 Å². The van der Waals surface area contributed by atoms with Crippen molar-refractivity contribution in [3.05, 3.63) is 95.6 Å². The van der Waals surface area contributed by atoms with Crippen molar-refractivity contribution >= 4 is 17.5 Å². The van der Waals surface area contributed by atoms with Gasteiger partial charge in [-0.1, -0.05) is 51.1 Å². The van der Waals surface area contributed by atoms with Crippen LogP contribution < -0.4 is 20.1 Å². The number of hydrogen-bond acceptors (Lipinski definition) is 8. The molecule has 3 atom stereocenters. The first-order chi connectivity index (χ1) is 23.7. The molecular formula is C37H44N8O4. The predicted octanol–water partition coefficient (Wildman–Crippen LogP) is 6.13. The number of aliphatic hydroxyl groups excluding tert-OH is 1. The second-order valence-corrected chi connectivity index (χ2v) is 13.9. The van der Waals surface area contributed by atoms with Crippen molar-refractivity contribution < 1.29 is 19.4 Å². The molecule has 0 spiro atoms. The first-order valence-corrected chi connectivity index (χ1v) is 17.0. The van der Waals surface area contributed by atoms with Crippen LogP contribution in [0, 0.1) is 0 Å². The molecule has 3 aromatic heterocycles. The quantitative estimate of drug-likeness (QED) is 0.172. The molecule has 5 aromatic rings. The maximum Gasteiger partial charge on any atom is 0.320 e. The van der Waals surface area contributed by atoms with Gasteiger partial charge in [0, 0.05) is 17.5 Å². The normalized spacial score (nSPS) is 19.5. The van der Waals surface area contributed by atoms with Gasteiger partial charge in [0.2, 0.25) is 0 Å². The van der Waals surface area contributed by atoms with Gasteiger partial charge in [-0.25, -0.2) is 9.48 Å². The second-order valence-electron chi connectivity index (χ2n) is 13.9. The van der Waals surface area contributed by atoms with Crippen LogP contribution in [0.4, 0.5) is 10.6 Å². The average molecular weight is 665 g/mol. The van der Waals surface area contributed by atoms with Crippen LogP contribution in [0.3, 0.4) is 0 Å². The van der Waals surface area contributed by atoms with E-state index in [1.165, 1.54) is 0 Å². The Morgan fingerprint density at radius 3 is 2.59 bits per heavy atom. The number of rotatable bonds is 9. The molecule has 256 valence electrons. The van der Waals surface area contributed by atoms with Crippen LogP contribution in [-0.2, 0) is 5.41 Å². The number of ether oxygens (including phenoxy) is 2. The number of urea groups is 1. The molecule has 12 heteroatoms. The van der Waals surface area contributed by atoms with E-state index in [4.69, 9.17) is 14.6 Å². The van der Waals surface area contributed by atoms with Crippen LogP contribution >= 0.6 is 0 Å². The zero-order valence-corrected chi connectivity index (χ0v) is 28.5. The highest BCUT2D eigenvalue weighted by atomic mass is 16.5. The zero-order chi connectivity index (χ0) is 34.1. The third-order valence-corrected chi connectivity index (χ3v) is 9.38. The van der Waals surface area contributed by atoms with E-state index in [0.717, 1.165) is 65.5 Å². The summed E-state index contributed by atoms with van der Waals surface area (Å²) in [4.78, 5) is 15.9. The van der Waals surface area contributed by atoms with Crippen LogP contribution in [0.1, 0.15) is 87.3 Å². The van der Waals surface area contributed by atoms with E-state index >= 15 is 0 Å². The fourth-order valence-electron chi connectivity index (χ4n) is 6.82. The monoisotopic (exact) mass is 664 g/mol. The van der Waals surface area contributed by atoms with Crippen molar-refractivity contribution in [1.82, 2.24) is 34.6 Å². The van der Waals surface area contributed by atoms with Gasteiger partial charge in [-0.2, -0.15) is 5.10 Å². The van der Waals surface area contributed by atoms with Crippen molar-refractivity contribution in [3.8, 4) is 17.2 Å². The van der Waals surface area contributed by atoms with Crippen LogP contribution in [0.15, 0.2) is 72.9 Å². The number of aliphatic hydroxyl groups is 1. The van der Waals surface area contributed by atoms with E-state index in [1.807, 2.05) is 60.8 Å². The summed E-state index contributed by atoms with van der Waals surface area (Å²) in [6.07, 6.45) is 5.48. The summed E-state index contributed by atoms with van der Waals surface area (Å²) in [5, 5.41) is 29.2. The van der Waals surface area contributed by atoms with Crippen molar-refractivity contribution in [3.63, 3.8) is 0 Å². The largest absolute Gasteiger partial charge is 0.491 e. The third-order valence-electron chi connectivity index (χ3n) is 9.38. The Morgan fingerprint density at radius 2 is 1.82 bits per heavy atom. The van der Waals surface area contributed by atoms with E-state index in [0.29, 0.717) is 18.0 Å². The summed E-state index contributed by atoms with van der Waals surface area (Å²) >= 11 is 0. The van der Waals surface area contributed by atoms with E-state index in [-0.39, 0.29) is 42.8 Å². The highest BCUT2D eigenvalue weighted by Crippen LogP contribution is 2.39. The number of carbonyl (C=O) groups excluding carboxylic acids is 1. The van der Waals surface area contributed by atoms with Crippen LogP contribution in [0.2, 0.25) is 0 Å². The fourth-order valence-corrected chi connectivity index (χ4v) is 6.82. The molecule has 1 aliphatic carbocycles. The molecule has 0 radical (unpaired) electrons. The van der Waals surface area contributed by atoms with Crippen LogP contribution in [0.25, 0.3) is 11.3 Å². The Morgan fingerprint density at radius 1 is 0.980 bits per heavy atom. The smallest absolute Gasteiger partial charge is 0.320 e. The Balaban J connectivity index is 1.09. The molecule has 3 N–H and O–H groups in total. The van der Waals surface area contributed by atoms with Gasteiger partial charge in [0.25, 0.3) is 0 Å². The molecule has 2 aliphatic rings. The SMILES string of the molecule is CN1CCCC1c1nnc2ccc(O[C@@H]3CC[C@H](NC(=O)Nc4cc(C(C)(C)C)nn4-c4cccc(OCCO)c4)c4ccccc43)cn12. The van der Waals surface area contributed by atoms with Gasteiger partial charge in [-0.05, 0) is 74.7 Å². The number of carbonyl (C=O) groups is 1. The minimum atomic E-state index is -0.323. The van der Waals surface area contributed by atoms with Crippen LogP contribution in [0.5, 0.6) is 11.5 Å². The van der Waals surface area contributed by atoms with Crippen molar-refractivity contribution in [1.29, 1.82) is 0 Å². The molecule has 2 aromatic carbocycles. The van der Waals surface area contributed by atoms with Crippen molar-refractivity contribution in [2.45, 2.75) is 70.1 Å². The number of nitrogens with one attached hydrogen (secondary N) is 2. The second kappa shape index (κ2) is 13.5. The molecule has 0 bridgehead atoms. The number of benzene rings is 2. The summed E-state index contributed by atoms with van der Waals surface area (Å²) in [5.74, 6) is 2.85. The molecule has 1 aliphatic heterocycles. The lowest BCUT2D eigenvalue weighted by Gasteiger charge is -2.32. The minimum absolute atomic E-state index is 0.0808. The Hall–Kier alpha value is -4.94. The summed E-state index contributed by atoms with van der Waals surface area (Å²) < 4.78 is 16.0. The first kappa shape index (κ1) is 32.6. The van der Waals surface area contributed by atoms with Crippen molar-refractivity contribution in [2.24, 2.45) is 0 Å². The molecule has 7 rings (SSSR count). The molecule has 1 fully saturated rings. The number of nitrogens with zero attached hydrogens (tertiary/aromatic N) is 6. The summed E-state index contributed by atoms with van der Waals surface area (Å²) in [6.45, 7) is 7.41. The van der Waals surface area contributed by atoms with E-state index in [1.54, 1.807) is 4.68 Å². The number of pyridine rings is 1. The van der Waals surface area contributed by atoms with Gasteiger partial charge in [0.05, 0.1) is 36.3 Å². The summed E-state index contributed by atoms with van der Waals surface area (Å²) in [6, 6.07) is 21.1. The number of likely N-dealkylation sites (tertiary alicyclic amines) is 1. The molecule has 1 saturated heterocycles. The van der Waals surface area contributed by atoms with Gasteiger partial charge in [-0.3, -0.25) is 14.6 Å². The van der Waals surface area contributed by atoms with Crippen molar-refractivity contribution in [2.75, 3.05) is 32.1 Å². The van der Waals surface area contributed by atoms with Gasteiger partial charge in [-0.15, -0.1) is 10.2 Å². The third kappa shape index (κ3) is 6.83. The van der Waals surface area contributed by atoms with Gasteiger partial charge in [0.15, 0.2) is 11.5 Å². The predicted molar refractivity (Wildman–Crippen MR) is 186 cm³/mol. The lowest BCUT2D eigenvalue weighted by molar-refractivity contribution is 0.171. The molecule has 2 amide bonds. The summed E-state index contributed by atoms with van der Waals surface area (Å²) in [5.41, 5.74) is 4.22. The standard InChI is InChI=1S/C37H44N8O4/c1-37(2,3)32-22-34(45(42-32)24-9-7-10-25(21-24)48-20-19-46)39-36(47)38-29-15-16-31(28-12-6-5-11-27(28)29)49-26-14-17-33-40-41-35(44(33)23-26)30-13-8-18-43(30)4/h5-7,9-12,14,17,21-23,29-31,46H,8,13,15-16,18-20H2,1-4H3,(H2,38,39,47)/t29-,30?,31+/m0/s1. The Labute approximate surface area is 286 Å². The average Bonchev–Trinajstić information content (AvgIpc) is 3.83. The lowest BCUT2D eigenvalue weighted by atomic mass is 9.85. The number of amides is 2. The number of hydrogen-bond donors (Lipinski definition) is 3. The highest BCUT2D eigenvalue weighted by Gasteiger charge is 2.31. The molecule has 49 heavy (non-hydrogen) atoms. The lowest BCUT2D eigenvalue weighted by Crippen LogP contribution is -2.36. The molecule has 1 unspecified atom stereocenters. The maximum atomic E-state index is 13.6. The topological polar surface area (TPSA) is 131 Å². The fraction of sp³-hybridized carbons (Fsp3) is 0.405.